The number of benzene rings is 1. The number of nitrogens with zero attached hydrogens (tertiary/aromatic N) is 4. The molecule has 1 unspecified atom stereocenters. The van der Waals surface area contributed by atoms with E-state index in [1.807, 2.05) is 14.0 Å². The van der Waals surface area contributed by atoms with Crippen molar-refractivity contribution in [3.63, 3.8) is 0 Å². The van der Waals surface area contributed by atoms with E-state index in [-0.39, 0.29) is 11.6 Å². The highest BCUT2D eigenvalue weighted by molar-refractivity contribution is 6.00. The van der Waals surface area contributed by atoms with E-state index in [1.165, 1.54) is 10.9 Å². The maximum atomic E-state index is 13.2. The molecule has 2 aromatic heterocycles. The summed E-state index contributed by atoms with van der Waals surface area (Å²) in [5.74, 6) is 0.572. The summed E-state index contributed by atoms with van der Waals surface area (Å²) in [5, 5.41) is 6.34. The molecule has 3 rings (SSSR count). The highest BCUT2D eigenvalue weighted by Gasteiger charge is 2.34. The molecule has 0 saturated heterocycles. The van der Waals surface area contributed by atoms with Crippen molar-refractivity contribution in [2.75, 3.05) is 14.1 Å². The van der Waals surface area contributed by atoms with Crippen molar-refractivity contribution in [2.24, 2.45) is 10.9 Å². The summed E-state index contributed by atoms with van der Waals surface area (Å²) >= 11 is 0. The van der Waals surface area contributed by atoms with Crippen molar-refractivity contribution < 1.29 is 22.7 Å². The number of amides is 1. The van der Waals surface area contributed by atoms with E-state index >= 15 is 0 Å². The number of carbonyl (C=O) groups is 1. The first-order chi connectivity index (χ1) is 16.7. The van der Waals surface area contributed by atoms with Crippen LogP contribution >= 0.6 is 0 Å². The number of halogens is 3. The standard InChI is InChI=1S/C24H27F3N6O2/c1-5-15(2)19(12-21(29-4)24(25,26)27)32-23(34)33-9-8-16-10-18(6-7-20(16)33)35-22-11-17(13-28-3)30-14-31-22/h6-12,14-15,28H,5,13H2,1-4H3,(H,32,34)/b19-12+,29-21?. The van der Waals surface area contributed by atoms with Gasteiger partial charge in [-0.15, -0.1) is 0 Å². The van der Waals surface area contributed by atoms with E-state index in [1.54, 1.807) is 43.5 Å². The third-order valence-corrected chi connectivity index (χ3v) is 5.38. The number of rotatable bonds is 8. The Morgan fingerprint density at radius 3 is 2.69 bits per heavy atom. The van der Waals surface area contributed by atoms with Crippen LogP contribution < -0.4 is 15.4 Å². The van der Waals surface area contributed by atoms with Crippen molar-refractivity contribution in [3.05, 3.63) is 60.3 Å². The van der Waals surface area contributed by atoms with Gasteiger partial charge in [0.25, 0.3) is 0 Å². The summed E-state index contributed by atoms with van der Waals surface area (Å²) in [6.07, 6.45) is -0.239. The first-order valence-corrected chi connectivity index (χ1v) is 11.0. The van der Waals surface area contributed by atoms with Gasteiger partial charge < -0.3 is 15.4 Å². The van der Waals surface area contributed by atoms with Crippen LogP contribution in [0.1, 0.15) is 26.0 Å². The molecule has 8 nitrogen and oxygen atoms in total. The van der Waals surface area contributed by atoms with Gasteiger partial charge in [0.05, 0.1) is 11.2 Å². The lowest BCUT2D eigenvalue weighted by atomic mass is 10.0. The minimum Gasteiger partial charge on any atom is -0.439 e. The molecular formula is C24H27F3N6O2. The van der Waals surface area contributed by atoms with Gasteiger partial charge in [-0.2, -0.15) is 13.2 Å². The fraction of sp³-hybridized carbons (Fsp3) is 0.333. The van der Waals surface area contributed by atoms with Crippen LogP contribution in [-0.4, -0.2) is 46.5 Å². The molecule has 0 aliphatic rings. The lowest BCUT2D eigenvalue weighted by Gasteiger charge is -2.18. The number of alkyl halides is 3. The van der Waals surface area contributed by atoms with Crippen LogP contribution in [0, 0.1) is 5.92 Å². The molecule has 11 heteroatoms. The first-order valence-electron chi connectivity index (χ1n) is 11.0. The topological polar surface area (TPSA) is 93.4 Å². The molecule has 3 aromatic rings. The maximum absolute atomic E-state index is 13.2. The van der Waals surface area contributed by atoms with Crippen LogP contribution in [0.2, 0.25) is 0 Å². The highest BCUT2D eigenvalue weighted by atomic mass is 19.4. The van der Waals surface area contributed by atoms with E-state index in [2.05, 4.69) is 25.6 Å². The zero-order valence-corrected chi connectivity index (χ0v) is 19.8. The molecule has 0 aliphatic carbocycles. The second-order valence-corrected chi connectivity index (χ2v) is 7.83. The minimum atomic E-state index is -4.62. The smallest absolute Gasteiger partial charge is 0.432 e. The molecule has 0 bridgehead atoms. The molecule has 0 spiro atoms. The van der Waals surface area contributed by atoms with Gasteiger partial charge in [0.15, 0.2) is 0 Å². The third-order valence-electron chi connectivity index (χ3n) is 5.38. The Morgan fingerprint density at radius 1 is 1.26 bits per heavy atom. The number of nitrogens with one attached hydrogen (secondary N) is 2. The van der Waals surface area contributed by atoms with Crippen molar-refractivity contribution in [1.29, 1.82) is 0 Å². The molecule has 35 heavy (non-hydrogen) atoms. The van der Waals surface area contributed by atoms with E-state index < -0.39 is 17.9 Å². The summed E-state index contributed by atoms with van der Waals surface area (Å²) < 4.78 is 46.8. The van der Waals surface area contributed by atoms with Gasteiger partial charge in [-0.1, -0.05) is 13.8 Å². The van der Waals surface area contributed by atoms with Crippen molar-refractivity contribution >= 4 is 22.6 Å². The monoisotopic (exact) mass is 488 g/mol. The van der Waals surface area contributed by atoms with Crippen molar-refractivity contribution in [1.82, 2.24) is 25.2 Å². The minimum absolute atomic E-state index is 0.137. The van der Waals surface area contributed by atoms with E-state index in [0.717, 1.165) is 18.8 Å². The summed E-state index contributed by atoms with van der Waals surface area (Å²) in [6, 6.07) is 7.98. The van der Waals surface area contributed by atoms with E-state index in [0.29, 0.717) is 35.5 Å². The van der Waals surface area contributed by atoms with Crippen LogP contribution in [0.3, 0.4) is 0 Å². The second kappa shape index (κ2) is 11.1. The van der Waals surface area contributed by atoms with Gasteiger partial charge in [-0.3, -0.25) is 9.56 Å². The largest absolute Gasteiger partial charge is 0.439 e. The Bertz CT molecular complexity index is 1250. The average Bonchev–Trinajstić information content (AvgIpc) is 3.24. The molecule has 2 heterocycles. The highest BCUT2D eigenvalue weighted by Crippen LogP contribution is 2.26. The molecule has 0 radical (unpaired) electrons. The van der Waals surface area contributed by atoms with Gasteiger partial charge in [0, 0.05) is 36.9 Å². The van der Waals surface area contributed by atoms with Gasteiger partial charge in [-0.05, 0) is 49.7 Å². The Morgan fingerprint density at radius 2 is 2.03 bits per heavy atom. The number of aromatic nitrogens is 3. The van der Waals surface area contributed by atoms with E-state index in [9.17, 15) is 18.0 Å². The SMILES string of the molecule is CCC(C)/C(=C\C(=NC)C(F)(F)F)NC(=O)n1ccc2cc(Oc3cc(CNC)ncn3)ccc21. The maximum Gasteiger partial charge on any atom is 0.432 e. The van der Waals surface area contributed by atoms with Gasteiger partial charge >= 0.3 is 12.2 Å². The molecule has 1 aromatic carbocycles. The average molecular weight is 489 g/mol. The number of allylic oxidation sites excluding steroid dienone is 2. The molecule has 1 atom stereocenters. The number of ether oxygens (including phenoxy) is 1. The fourth-order valence-electron chi connectivity index (χ4n) is 3.32. The molecule has 0 aliphatic heterocycles. The van der Waals surface area contributed by atoms with Crippen LogP contribution in [0.15, 0.2) is 59.6 Å². The molecule has 2 N–H and O–H groups in total. The van der Waals surface area contributed by atoms with Crippen LogP contribution in [0.5, 0.6) is 11.6 Å². The van der Waals surface area contributed by atoms with Crippen molar-refractivity contribution in [2.45, 2.75) is 33.0 Å². The predicted molar refractivity (Wildman–Crippen MR) is 128 cm³/mol. The van der Waals surface area contributed by atoms with Gasteiger partial charge in [-0.25, -0.2) is 14.8 Å². The zero-order chi connectivity index (χ0) is 25.6. The number of fused-ring (bicyclic) bond motifs is 1. The Kier molecular flexibility index (Phi) is 8.23. The summed E-state index contributed by atoms with van der Waals surface area (Å²) in [7, 11) is 2.88. The number of carbonyl (C=O) groups excluding carboxylic acids is 1. The van der Waals surface area contributed by atoms with E-state index in [4.69, 9.17) is 4.74 Å². The summed E-state index contributed by atoms with van der Waals surface area (Å²) in [5.41, 5.74) is 0.415. The number of aliphatic imine (C=N–C) groups is 1. The summed E-state index contributed by atoms with van der Waals surface area (Å²) in [6.45, 7) is 4.13. The van der Waals surface area contributed by atoms with Crippen molar-refractivity contribution in [3.8, 4) is 11.6 Å². The van der Waals surface area contributed by atoms with Crippen LogP contribution in [0.4, 0.5) is 18.0 Å². The molecular weight excluding hydrogens is 461 g/mol. The quantitative estimate of drug-likeness (QED) is 0.432. The Hall–Kier alpha value is -3.73. The molecule has 0 saturated carbocycles. The normalized spacial score (nSPS) is 13.7. The third kappa shape index (κ3) is 6.44. The number of hydrogen-bond acceptors (Lipinski definition) is 6. The molecule has 1 amide bonds. The summed E-state index contributed by atoms with van der Waals surface area (Å²) in [4.78, 5) is 24.6. The predicted octanol–water partition coefficient (Wildman–Crippen LogP) is 5.06. The zero-order valence-electron chi connectivity index (χ0n) is 19.8. The first kappa shape index (κ1) is 25.9. The lowest BCUT2D eigenvalue weighted by molar-refractivity contribution is -0.0578. The second-order valence-electron chi connectivity index (χ2n) is 7.83. The Balaban J connectivity index is 1.84. The molecule has 186 valence electrons. The fourth-order valence-corrected chi connectivity index (χ4v) is 3.32. The van der Waals surface area contributed by atoms with Crippen LogP contribution in [-0.2, 0) is 6.54 Å². The van der Waals surface area contributed by atoms with Crippen LogP contribution in [0.25, 0.3) is 10.9 Å². The van der Waals surface area contributed by atoms with Gasteiger partial charge in [0.2, 0.25) is 5.88 Å². The Labute approximate surface area is 200 Å². The lowest BCUT2D eigenvalue weighted by Crippen LogP contribution is -2.32. The molecule has 0 fully saturated rings. The van der Waals surface area contributed by atoms with Gasteiger partial charge in [0.1, 0.15) is 17.8 Å². The number of hydrogen-bond donors (Lipinski definition) is 2.